The van der Waals surface area contributed by atoms with Crippen LogP contribution in [0.1, 0.15) is 42.6 Å². The highest BCUT2D eigenvalue weighted by atomic mass is 16.7. The molecule has 0 fully saturated rings. The standard InChI is InChI=1S/C26H32N2O7/c1-5-7-27(8-6-2)9-10-28-13-16-11-18(30-3)22-24(34-14-32-22)20(16)21-17(26(28)29)12-19(31-4)23-25(21)35-15-33-23/h11-12H,5-10,13-15H2,1-4H3. The highest BCUT2D eigenvalue weighted by Gasteiger charge is 2.39. The molecule has 0 atom stereocenters. The summed E-state index contributed by atoms with van der Waals surface area (Å²) in [7, 11) is 3.16. The molecule has 35 heavy (non-hydrogen) atoms. The number of fused-ring (bicyclic) bond motifs is 7. The number of hydrogen-bond donors (Lipinski definition) is 0. The van der Waals surface area contributed by atoms with Gasteiger partial charge in [-0.1, -0.05) is 13.8 Å². The minimum atomic E-state index is -0.0904. The molecule has 188 valence electrons. The Hall–Kier alpha value is -3.33. The largest absolute Gasteiger partial charge is 0.493 e. The Balaban J connectivity index is 1.66. The topological polar surface area (TPSA) is 78.9 Å². The average Bonchev–Trinajstić information content (AvgIpc) is 3.53. The van der Waals surface area contributed by atoms with Crippen molar-refractivity contribution in [3.8, 4) is 45.6 Å². The van der Waals surface area contributed by atoms with E-state index in [1.165, 1.54) is 0 Å². The zero-order valence-corrected chi connectivity index (χ0v) is 20.8. The molecule has 0 N–H and O–H groups in total. The van der Waals surface area contributed by atoms with Gasteiger partial charge in [-0.25, -0.2) is 0 Å². The van der Waals surface area contributed by atoms with E-state index in [1.54, 1.807) is 20.3 Å². The molecule has 5 rings (SSSR count). The summed E-state index contributed by atoms with van der Waals surface area (Å²) >= 11 is 0. The highest BCUT2D eigenvalue weighted by Crippen LogP contribution is 2.57. The molecule has 0 saturated carbocycles. The molecule has 3 heterocycles. The van der Waals surface area contributed by atoms with Gasteiger partial charge in [0.25, 0.3) is 5.91 Å². The van der Waals surface area contributed by atoms with E-state index in [-0.39, 0.29) is 19.5 Å². The van der Waals surface area contributed by atoms with Crippen LogP contribution >= 0.6 is 0 Å². The van der Waals surface area contributed by atoms with Crippen LogP contribution in [0.15, 0.2) is 12.1 Å². The van der Waals surface area contributed by atoms with Gasteiger partial charge in [0.05, 0.1) is 19.8 Å². The number of carbonyl (C=O) groups is 1. The van der Waals surface area contributed by atoms with Gasteiger partial charge in [-0.05, 0) is 43.6 Å². The van der Waals surface area contributed by atoms with Crippen LogP contribution in [0.2, 0.25) is 0 Å². The Morgan fingerprint density at radius 3 is 2.00 bits per heavy atom. The van der Waals surface area contributed by atoms with E-state index in [0.717, 1.165) is 43.6 Å². The first-order valence-corrected chi connectivity index (χ1v) is 12.1. The first kappa shape index (κ1) is 23.4. The molecule has 9 heteroatoms. The van der Waals surface area contributed by atoms with E-state index >= 15 is 0 Å². The summed E-state index contributed by atoms with van der Waals surface area (Å²) in [6.45, 7) is 8.27. The smallest absolute Gasteiger partial charge is 0.255 e. The van der Waals surface area contributed by atoms with Crippen LogP contribution in [0.4, 0.5) is 0 Å². The summed E-state index contributed by atoms with van der Waals surface area (Å²) in [5, 5.41) is 0. The first-order valence-electron chi connectivity index (χ1n) is 12.1. The van der Waals surface area contributed by atoms with E-state index in [0.29, 0.717) is 58.7 Å². The Labute approximate surface area is 205 Å². The lowest BCUT2D eigenvalue weighted by Gasteiger charge is -2.27. The third-order valence-corrected chi connectivity index (χ3v) is 6.63. The van der Waals surface area contributed by atoms with Crippen LogP contribution in [0.3, 0.4) is 0 Å². The molecular formula is C26H32N2O7. The zero-order valence-electron chi connectivity index (χ0n) is 20.8. The maximum absolute atomic E-state index is 14.0. The van der Waals surface area contributed by atoms with E-state index < -0.39 is 0 Å². The van der Waals surface area contributed by atoms with Crippen LogP contribution in [0, 0.1) is 0 Å². The van der Waals surface area contributed by atoms with E-state index in [2.05, 4.69) is 18.7 Å². The monoisotopic (exact) mass is 484 g/mol. The predicted molar refractivity (Wildman–Crippen MR) is 129 cm³/mol. The first-order chi connectivity index (χ1) is 17.1. The molecule has 0 aromatic heterocycles. The van der Waals surface area contributed by atoms with E-state index in [1.807, 2.05) is 11.0 Å². The van der Waals surface area contributed by atoms with Gasteiger partial charge in [0.15, 0.2) is 23.0 Å². The van der Waals surface area contributed by atoms with Crippen LogP contribution in [-0.4, -0.2) is 69.7 Å². The second kappa shape index (κ2) is 9.73. The molecular weight excluding hydrogens is 452 g/mol. The van der Waals surface area contributed by atoms with Crippen molar-refractivity contribution in [2.75, 3.05) is 54.0 Å². The Bertz CT molecular complexity index is 1130. The number of rotatable bonds is 9. The second-order valence-electron chi connectivity index (χ2n) is 8.81. The summed E-state index contributed by atoms with van der Waals surface area (Å²) in [5.41, 5.74) is 2.81. The predicted octanol–water partition coefficient (Wildman–Crippen LogP) is 3.91. The molecule has 0 bridgehead atoms. The van der Waals surface area contributed by atoms with Crippen LogP contribution < -0.4 is 28.4 Å². The average molecular weight is 485 g/mol. The number of benzene rings is 2. The van der Waals surface area contributed by atoms with Crippen molar-refractivity contribution in [3.63, 3.8) is 0 Å². The Kier molecular flexibility index (Phi) is 6.51. The van der Waals surface area contributed by atoms with Crippen LogP contribution in [0.25, 0.3) is 11.1 Å². The summed E-state index contributed by atoms with van der Waals surface area (Å²) in [4.78, 5) is 18.3. The fourth-order valence-corrected chi connectivity index (χ4v) is 5.10. The summed E-state index contributed by atoms with van der Waals surface area (Å²) < 4.78 is 34.5. The lowest BCUT2D eigenvalue weighted by atomic mass is 9.93. The van der Waals surface area contributed by atoms with Gasteiger partial charge in [0.1, 0.15) is 0 Å². The third kappa shape index (κ3) is 3.97. The minimum Gasteiger partial charge on any atom is -0.493 e. The Morgan fingerprint density at radius 2 is 1.40 bits per heavy atom. The number of carbonyl (C=O) groups excluding carboxylic acids is 1. The molecule has 2 aromatic carbocycles. The fraction of sp³-hybridized carbons (Fsp3) is 0.500. The van der Waals surface area contributed by atoms with Gasteiger partial charge in [-0.2, -0.15) is 0 Å². The van der Waals surface area contributed by atoms with Crippen molar-refractivity contribution < 1.29 is 33.2 Å². The molecule has 0 radical (unpaired) electrons. The highest BCUT2D eigenvalue weighted by molar-refractivity contribution is 6.07. The molecule has 0 saturated heterocycles. The molecule has 1 amide bonds. The molecule has 0 unspecified atom stereocenters. The lowest BCUT2D eigenvalue weighted by Crippen LogP contribution is -2.38. The van der Waals surface area contributed by atoms with E-state index in [9.17, 15) is 4.79 Å². The quantitative estimate of drug-likeness (QED) is 0.530. The summed E-state index contributed by atoms with van der Waals surface area (Å²) in [6.07, 6.45) is 2.14. The van der Waals surface area contributed by atoms with Crippen molar-refractivity contribution in [1.29, 1.82) is 0 Å². The third-order valence-electron chi connectivity index (χ3n) is 6.63. The number of ether oxygens (including phenoxy) is 6. The SMILES string of the molecule is CCCN(CCC)CCN1Cc2cc(OC)c3c(c2-c2c(cc(OC)c4c2OCO4)C1=O)OCO3. The summed E-state index contributed by atoms with van der Waals surface area (Å²) in [6, 6.07) is 3.68. The van der Waals surface area contributed by atoms with Crippen molar-refractivity contribution in [2.24, 2.45) is 0 Å². The van der Waals surface area contributed by atoms with Gasteiger partial charge < -0.3 is 38.2 Å². The van der Waals surface area contributed by atoms with E-state index in [4.69, 9.17) is 28.4 Å². The normalized spacial score (nSPS) is 15.2. The molecule has 0 aliphatic carbocycles. The molecule has 9 nitrogen and oxygen atoms in total. The van der Waals surface area contributed by atoms with Gasteiger partial charge >= 0.3 is 0 Å². The fourth-order valence-electron chi connectivity index (χ4n) is 5.10. The number of hydrogen-bond acceptors (Lipinski definition) is 8. The summed E-state index contributed by atoms with van der Waals surface area (Å²) in [5.74, 6) is 3.00. The van der Waals surface area contributed by atoms with Gasteiger partial charge in [0.2, 0.25) is 25.1 Å². The van der Waals surface area contributed by atoms with Gasteiger partial charge in [0, 0.05) is 30.8 Å². The van der Waals surface area contributed by atoms with Crippen LogP contribution in [0.5, 0.6) is 34.5 Å². The number of methoxy groups -OCH3 is 2. The van der Waals surface area contributed by atoms with Crippen LogP contribution in [-0.2, 0) is 6.54 Å². The maximum atomic E-state index is 14.0. The molecule has 3 aliphatic heterocycles. The van der Waals surface area contributed by atoms with Crippen molar-refractivity contribution in [1.82, 2.24) is 9.80 Å². The minimum absolute atomic E-state index is 0.0497. The zero-order chi connectivity index (χ0) is 24.5. The van der Waals surface area contributed by atoms with Crippen molar-refractivity contribution >= 4 is 5.91 Å². The molecule has 2 aromatic rings. The number of amides is 1. The van der Waals surface area contributed by atoms with Crippen molar-refractivity contribution in [3.05, 3.63) is 23.3 Å². The van der Waals surface area contributed by atoms with Gasteiger partial charge in [-0.15, -0.1) is 0 Å². The molecule has 0 spiro atoms. The Morgan fingerprint density at radius 1 is 0.829 bits per heavy atom. The maximum Gasteiger partial charge on any atom is 0.255 e. The lowest BCUT2D eigenvalue weighted by molar-refractivity contribution is 0.0724. The van der Waals surface area contributed by atoms with Crippen molar-refractivity contribution in [2.45, 2.75) is 33.2 Å². The van der Waals surface area contributed by atoms with Gasteiger partial charge in [-0.3, -0.25) is 4.79 Å². The number of nitrogens with zero attached hydrogens (tertiary/aromatic N) is 2. The second-order valence-corrected chi connectivity index (χ2v) is 8.81. The molecule has 3 aliphatic rings.